The summed E-state index contributed by atoms with van der Waals surface area (Å²) in [6, 6.07) is 0. The van der Waals surface area contributed by atoms with Crippen LogP contribution in [0.25, 0.3) is 22.3 Å². The fraction of sp³-hybridized carbons (Fsp3) is 0.524. The van der Waals surface area contributed by atoms with E-state index >= 15 is 0 Å². The molecule has 28 nitrogen and oxygen atoms in total. The number of nitrogen functional groups attached to an aromatic ring is 2. The summed E-state index contributed by atoms with van der Waals surface area (Å²) < 4.78 is 65.2. The number of hydrogen-bond donors (Lipinski definition) is 11. The fourth-order valence-corrected chi connectivity index (χ4v) is 9.42. The van der Waals surface area contributed by atoms with Crippen LogP contribution in [0.5, 0.6) is 0 Å². The highest BCUT2D eigenvalue weighted by Gasteiger charge is 2.49. The van der Waals surface area contributed by atoms with Crippen LogP contribution in [0.2, 0.25) is 0 Å². The summed E-state index contributed by atoms with van der Waals surface area (Å²) in [5, 5.41) is 42.1. The van der Waals surface area contributed by atoms with Crippen LogP contribution in [0.3, 0.4) is 0 Å². The van der Waals surface area contributed by atoms with Crippen LogP contribution in [0, 0.1) is 0 Å². The zero-order chi connectivity index (χ0) is 38.1. The third-order valence-corrected chi connectivity index (χ3v) is 12.4. The second-order valence-electron chi connectivity index (χ2n) is 11.4. The lowest BCUT2D eigenvalue weighted by atomic mass is 10.1. The number of aryl methyl sites for hydroxylation is 1. The topological polar surface area (TPSA) is 424 Å². The van der Waals surface area contributed by atoms with Gasteiger partial charge >= 0.3 is 21.1 Å². The third kappa shape index (κ3) is 7.46. The van der Waals surface area contributed by atoms with Crippen molar-refractivity contribution in [2.24, 2.45) is 7.05 Å². The summed E-state index contributed by atoms with van der Waals surface area (Å²) in [7, 11) is -15.7. The molecule has 0 aliphatic carbocycles. The van der Waals surface area contributed by atoms with Crippen molar-refractivity contribution in [2.75, 3.05) is 24.7 Å². The number of nitrogens with zero attached hydrogens (tertiary/aromatic N) is 6. The van der Waals surface area contributed by atoms with E-state index in [0.29, 0.717) is 0 Å². The first-order chi connectivity index (χ1) is 24.2. The summed E-state index contributed by atoms with van der Waals surface area (Å²) in [5.74, 6) is -0.588. The lowest BCUT2D eigenvalue weighted by Crippen LogP contribution is -2.46. The number of fused-ring (bicyclic) bond motifs is 2. The molecule has 13 N–H and O–H groups in total. The second kappa shape index (κ2) is 13.7. The fourth-order valence-electron chi connectivity index (χ4n) is 5.48. The molecule has 0 spiro atoms. The Labute approximate surface area is 286 Å². The Balaban J connectivity index is 1.05. The molecule has 2 aliphatic rings. The van der Waals surface area contributed by atoms with Crippen molar-refractivity contribution < 1.29 is 76.2 Å². The van der Waals surface area contributed by atoms with Crippen LogP contribution in [-0.2, 0) is 43.6 Å². The Morgan fingerprint density at radius 1 is 0.942 bits per heavy atom. The monoisotopic (exact) mass is 801 g/mol. The molecule has 4 aromatic rings. The first-order valence-corrected chi connectivity index (χ1v) is 19.1. The van der Waals surface area contributed by atoms with Gasteiger partial charge < -0.3 is 60.6 Å². The average Bonchev–Trinajstić information content (AvgIpc) is 3.74. The van der Waals surface area contributed by atoms with Crippen molar-refractivity contribution in [3.05, 3.63) is 33.4 Å². The predicted octanol–water partition coefficient (Wildman–Crippen LogP) is -5.61. The largest absolute Gasteiger partial charge is 0.756 e. The van der Waals surface area contributed by atoms with E-state index in [1.165, 1.54) is 17.9 Å². The number of imidazole rings is 2. The normalized spacial score (nSPS) is 30.1. The Morgan fingerprint density at radius 2 is 1.56 bits per heavy atom. The van der Waals surface area contributed by atoms with Gasteiger partial charge in [-0.2, -0.15) is 4.98 Å². The molecule has 2 aliphatic heterocycles. The highest BCUT2D eigenvalue weighted by molar-refractivity contribution is 7.70. The molecule has 2 fully saturated rings. The van der Waals surface area contributed by atoms with Gasteiger partial charge in [-0.25, -0.2) is 23.0 Å². The van der Waals surface area contributed by atoms with Crippen molar-refractivity contribution >= 4 is 57.5 Å². The smallest absolute Gasteiger partial charge is 0.418 e. The molecule has 0 bridgehead atoms. The Morgan fingerprint density at radius 3 is 2.27 bits per heavy atom. The molecule has 2 saturated heterocycles. The number of nitrogens with one attached hydrogen (secondary N) is 3. The van der Waals surface area contributed by atoms with Crippen LogP contribution < -0.4 is 36.9 Å². The number of hydrogen-bond acceptors (Lipinski definition) is 20. The van der Waals surface area contributed by atoms with Crippen LogP contribution in [0.15, 0.2) is 22.2 Å². The minimum atomic E-state index is -5.88. The van der Waals surface area contributed by atoms with Crippen LogP contribution in [-0.4, -0.2) is 114 Å². The van der Waals surface area contributed by atoms with Crippen molar-refractivity contribution in [3.8, 4) is 0 Å². The predicted molar refractivity (Wildman–Crippen MR) is 164 cm³/mol. The van der Waals surface area contributed by atoms with Gasteiger partial charge in [-0.1, -0.05) is 4.98 Å². The van der Waals surface area contributed by atoms with Crippen molar-refractivity contribution in [1.29, 1.82) is 0 Å². The number of aromatic amines is 2. The standard InChI is InChI=1S/C21H30N11O17P3/c1-30-5-32(15-9(30)17(38)28-21(23)26-15)19-13(36)11(34)7(48-19)3-46-52(43,44)49-51(41,42)29-50(39,40)45-2-6-10(33)12(35)18(47-6)31-4-24-8-14(31)25-20(22)27-16(8)37/h4-7,10-13,18-19,33-36H,2-3H2,1H3,(H9-,22,23,25,26,27,28,29,37,38,39,40,41,42,43,44)/t6-,7-,10-,11-,12-,13-,18-,19-/m1/s1. The maximum atomic E-state index is 12.6. The highest BCUT2D eigenvalue weighted by atomic mass is 31.3. The SMILES string of the molecule is Cn1c[n+]([C@@H]2O[C@H](COP(=O)([O-])OP(=O)(O)NP(=O)(O)OC[C@H]3O[C@@H](n4cnc5c(=O)[nH]c(N)nc54)[C@H](O)[C@@H]3O)[C@@H](O)[C@H]2O)c2nc(N)[nH]c(=O)c21. The molecule has 0 radical (unpaired) electrons. The van der Waals surface area contributed by atoms with E-state index in [1.54, 1.807) is 0 Å². The quantitative estimate of drug-likeness (QED) is 0.0470. The molecule has 6 rings (SSSR count). The van der Waals surface area contributed by atoms with Gasteiger partial charge in [0.15, 0.2) is 23.7 Å². The summed E-state index contributed by atoms with van der Waals surface area (Å²) in [6.45, 7) is -2.16. The van der Waals surface area contributed by atoms with Gasteiger partial charge in [0.05, 0.1) is 26.6 Å². The van der Waals surface area contributed by atoms with Gasteiger partial charge in [-0.3, -0.25) is 37.8 Å². The number of anilines is 2. The maximum absolute atomic E-state index is 12.6. The molecule has 0 aromatic carbocycles. The molecule has 52 heavy (non-hydrogen) atoms. The maximum Gasteiger partial charge on any atom is 0.418 e. The van der Waals surface area contributed by atoms with Gasteiger partial charge in [0, 0.05) is 0 Å². The molecular weight excluding hydrogens is 771 g/mol. The lowest BCUT2D eigenvalue weighted by molar-refractivity contribution is -0.745. The number of H-pyrrole nitrogens is 2. The highest BCUT2D eigenvalue weighted by Crippen LogP contribution is 2.60. The summed E-state index contributed by atoms with van der Waals surface area (Å²) in [4.78, 5) is 74.2. The summed E-state index contributed by atoms with van der Waals surface area (Å²) >= 11 is 0. The number of nitrogens with two attached hydrogens (primary N) is 2. The zero-order valence-corrected chi connectivity index (χ0v) is 28.7. The second-order valence-corrected chi connectivity index (χ2v) is 16.3. The number of phosphoric ester groups is 1. The number of aliphatic hydroxyl groups excluding tert-OH is 4. The van der Waals surface area contributed by atoms with Crippen LogP contribution in [0.4, 0.5) is 11.9 Å². The van der Waals surface area contributed by atoms with Gasteiger partial charge in [0.25, 0.3) is 24.9 Å². The first kappa shape index (κ1) is 38.2. The molecule has 6 heterocycles. The number of aromatic nitrogens is 8. The molecule has 286 valence electrons. The summed E-state index contributed by atoms with van der Waals surface area (Å²) in [5.41, 5.74) is 9.38. The molecule has 11 atom stereocenters. The number of aliphatic hydroxyl groups is 4. The minimum Gasteiger partial charge on any atom is -0.756 e. The van der Waals surface area contributed by atoms with Crippen LogP contribution in [0.1, 0.15) is 12.5 Å². The van der Waals surface area contributed by atoms with E-state index in [2.05, 4.69) is 38.3 Å². The van der Waals surface area contributed by atoms with E-state index < -0.39 is 96.7 Å². The molecule has 31 heteroatoms. The van der Waals surface area contributed by atoms with E-state index in [9.17, 15) is 58.4 Å². The molecular formula is C21H30N11O17P3. The van der Waals surface area contributed by atoms with Gasteiger partial charge in [-0.05, 0) is 0 Å². The average molecular weight is 801 g/mol. The van der Waals surface area contributed by atoms with Gasteiger partial charge in [0.1, 0.15) is 36.6 Å². The third-order valence-electron chi connectivity index (χ3n) is 7.74. The van der Waals surface area contributed by atoms with E-state index in [-0.39, 0.29) is 34.2 Å². The minimum absolute atomic E-state index is 0.00677. The Hall–Kier alpha value is -3.53. The van der Waals surface area contributed by atoms with E-state index in [4.69, 9.17) is 20.9 Å². The van der Waals surface area contributed by atoms with Gasteiger partial charge in [0.2, 0.25) is 17.7 Å². The number of ether oxygens (including phenoxy) is 2. The number of phosphoric acid groups is 1. The molecule has 0 amide bonds. The van der Waals surface area contributed by atoms with Gasteiger partial charge in [-0.15, -0.1) is 4.86 Å². The first-order valence-electron chi connectivity index (χ1n) is 14.4. The Bertz CT molecular complexity index is 2280. The van der Waals surface area contributed by atoms with E-state index in [0.717, 1.165) is 20.3 Å². The molecule has 0 saturated carbocycles. The number of rotatable bonds is 12. The lowest BCUT2D eigenvalue weighted by Gasteiger charge is -2.27. The Kier molecular flexibility index (Phi) is 10.1. The van der Waals surface area contributed by atoms with Crippen molar-refractivity contribution in [3.63, 3.8) is 0 Å². The van der Waals surface area contributed by atoms with Crippen LogP contribution >= 0.6 is 23.3 Å². The van der Waals surface area contributed by atoms with Crippen molar-refractivity contribution in [1.82, 2.24) is 38.9 Å². The van der Waals surface area contributed by atoms with Crippen molar-refractivity contribution in [2.45, 2.75) is 49.1 Å². The molecule has 3 unspecified atom stereocenters. The zero-order valence-electron chi connectivity index (χ0n) is 26.0. The summed E-state index contributed by atoms with van der Waals surface area (Å²) in [6.07, 6.45) is -11.0. The van der Waals surface area contributed by atoms with E-state index in [1.807, 2.05) is 0 Å². The molecule has 4 aromatic heterocycles.